The van der Waals surface area contributed by atoms with E-state index in [0.29, 0.717) is 6.42 Å². The van der Waals surface area contributed by atoms with Crippen LogP contribution in [0.5, 0.6) is 0 Å². The van der Waals surface area contributed by atoms with Crippen molar-refractivity contribution in [2.24, 2.45) is 0 Å². The molecule has 2 N–H and O–H groups in total. The van der Waals surface area contributed by atoms with Gasteiger partial charge < -0.3 is 19.3 Å². The summed E-state index contributed by atoms with van der Waals surface area (Å²) < 4.78 is 26.3. The minimum absolute atomic E-state index is 0.205. The lowest BCUT2D eigenvalue weighted by molar-refractivity contribution is -0.161. The maximum Gasteiger partial charge on any atom is 0.469 e. The highest BCUT2D eigenvalue weighted by atomic mass is 31.2. The van der Waals surface area contributed by atoms with E-state index in [0.717, 1.165) is 51.4 Å². The first kappa shape index (κ1) is 43.8. The van der Waals surface area contributed by atoms with Crippen LogP contribution in [-0.2, 0) is 28.2 Å². The Morgan fingerprint density at radius 2 is 0.933 bits per heavy atom. The minimum atomic E-state index is -4.74. The molecular formula is C36H69O8P. The van der Waals surface area contributed by atoms with Crippen LogP contribution in [0.3, 0.4) is 0 Å². The van der Waals surface area contributed by atoms with E-state index in [9.17, 15) is 14.2 Å². The zero-order valence-electron chi connectivity index (χ0n) is 29.0. The van der Waals surface area contributed by atoms with Crippen LogP contribution in [0.25, 0.3) is 0 Å². The van der Waals surface area contributed by atoms with Crippen molar-refractivity contribution in [3.8, 4) is 0 Å². The van der Waals surface area contributed by atoms with Crippen molar-refractivity contribution in [2.45, 2.75) is 193 Å². The van der Waals surface area contributed by atoms with Crippen LogP contribution in [0.15, 0.2) is 12.2 Å². The SMILES string of the molecule is CCCCCC/C=C\CCCCCCCC(=O)OC(COC(=O)CCCCCCCCCCCCCCCC)COP(=O)(O)O. The van der Waals surface area contributed by atoms with Crippen LogP contribution in [0.2, 0.25) is 0 Å². The van der Waals surface area contributed by atoms with Crippen LogP contribution in [0.4, 0.5) is 0 Å². The fourth-order valence-electron chi connectivity index (χ4n) is 5.25. The summed E-state index contributed by atoms with van der Waals surface area (Å²) in [6.07, 6.45) is 33.6. The third kappa shape index (κ3) is 35.5. The first-order valence-corrected chi connectivity index (χ1v) is 20.0. The predicted molar refractivity (Wildman–Crippen MR) is 184 cm³/mol. The van der Waals surface area contributed by atoms with Gasteiger partial charge in [0.1, 0.15) is 6.61 Å². The van der Waals surface area contributed by atoms with E-state index in [4.69, 9.17) is 19.3 Å². The van der Waals surface area contributed by atoms with Gasteiger partial charge in [-0.15, -0.1) is 0 Å². The van der Waals surface area contributed by atoms with Gasteiger partial charge in [0.15, 0.2) is 6.10 Å². The molecule has 0 rings (SSSR count). The summed E-state index contributed by atoms with van der Waals surface area (Å²) in [6.45, 7) is 3.66. The highest BCUT2D eigenvalue weighted by Crippen LogP contribution is 2.36. The van der Waals surface area contributed by atoms with E-state index in [2.05, 4.69) is 30.5 Å². The molecule has 0 aliphatic rings. The Morgan fingerprint density at radius 1 is 0.556 bits per heavy atom. The van der Waals surface area contributed by atoms with Gasteiger partial charge in [0.2, 0.25) is 0 Å². The molecule has 1 atom stereocenters. The van der Waals surface area contributed by atoms with Crippen LogP contribution in [-0.4, -0.2) is 41.0 Å². The van der Waals surface area contributed by atoms with Crippen molar-refractivity contribution in [2.75, 3.05) is 13.2 Å². The first-order chi connectivity index (χ1) is 21.8. The van der Waals surface area contributed by atoms with Gasteiger partial charge >= 0.3 is 19.8 Å². The van der Waals surface area contributed by atoms with Gasteiger partial charge in [0.25, 0.3) is 0 Å². The van der Waals surface area contributed by atoms with Gasteiger partial charge in [-0.2, -0.15) is 0 Å². The fraction of sp³-hybridized carbons (Fsp3) is 0.889. The Balaban J connectivity index is 3.96. The number of hydrogen-bond acceptors (Lipinski definition) is 6. The molecule has 0 spiro atoms. The molecule has 0 aromatic heterocycles. The van der Waals surface area contributed by atoms with Crippen LogP contribution >= 0.6 is 7.82 Å². The van der Waals surface area contributed by atoms with Crippen LogP contribution < -0.4 is 0 Å². The first-order valence-electron chi connectivity index (χ1n) is 18.5. The Kier molecular flexibility index (Phi) is 31.8. The van der Waals surface area contributed by atoms with E-state index in [1.807, 2.05) is 0 Å². The normalized spacial score (nSPS) is 12.5. The number of carbonyl (C=O) groups is 2. The number of allylic oxidation sites excluding steroid dienone is 2. The highest BCUT2D eigenvalue weighted by Gasteiger charge is 2.22. The Hall–Kier alpha value is -1.21. The number of carbonyl (C=O) groups excluding carboxylic acids is 2. The summed E-state index contributed by atoms with van der Waals surface area (Å²) in [4.78, 5) is 42.6. The largest absolute Gasteiger partial charge is 0.469 e. The molecule has 0 aromatic carbocycles. The zero-order valence-corrected chi connectivity index (χ0v) is 29.9. The standard InChI is InChI=1S/C36H69O8P/c1-3-5-7-9-11-13-15-17-19-20-22-24-26-28-30-35(37)42-32-34(33-43-45(39,40)41)44-36(38)31-29-27-25-23-21-18-16-14-12-10-8-6-4-2/h14,16,34H,3-13,15,17-33H2,1-2H3,(H2,39,40,41)/b16-14-. The van der Waals surface area contributed by atoms with Crippen molar-refractivity contribution in [1.29, 1.82) is 0 Å². The summed E-state index contributed by atoms with van der Waals surface area (Å²) in [7, 11) is -4.74. The maximum absolute atomic E-state index is 12.3. The number of phosphoric acid groups is 1. The molecule has 0 aliphatic carbocycles. The van der Waals surface area contributed by atoms with Gasteiger partial charge in [0, 0.05) is 12.8 Å². The lowest BCUT2D eigenvalue weighted by Crippen LogP contribution is -2.29. The van der Waals surface area contributed by atoms with E-state index in [1.165, 1.54) is 103 Å². The van der Waals surface area contributed by atoms with Crippen LogP contribution in [0.1, 0.15) is 187 Å². The van der Waals surface area contributed by atoms with E-state index < -0.39 is 32.5 Å². The molecule has 8 nitrogen and oxygen atoms in total. The second-order valence-corrected chi connectivity index (χ2v) is 13.8. The number of esters is 2. The van der Waals surface area contributed by atoms with Crippen molar-refractivity contribution >= 4 is 19.8 Å². The summed E-state index contributed by atoms with van der Waals surface area (Å²) in [5.74, 6) is -0.888. The average Bonchev–Trinajstić information content (AvgIpc) is 3.00. The van der Waals surface area contributed by atoms with E-state index in [1.54, 1.807) is 0 Å². The lowest BCUT2D eigenvalue weighted by Gasteiger charge is -2.18. The van der Waals surface area contributed by atoms with Crippen molar-refractivity contribution in [1.82, 2.24) is 0 Å². The maximum atomic E-state index is 12.3. The molecule has 45 heavy (non-hydrogen) atoms. The molecule has 0 bridgehead atoms. The Labute approximate surface area is 276 Å². The van der Waals surface area contributed by atoms with Crippen LogP contribution in [0, 0.1) is 0 Å². The van der Waals surface area contributed by atoms with E-state index >= 15 is 0 Å². The number of phosphoric ester groups is 1. The minimum Gasteiger partial charge on any atom is -0.462 e. The summed E-state index contributed by atoms with van der Waals surface area (Å²) >= 11 is 0. The van der Waals surface area contributed by atoms with Gasteiger partial charge in [-0.25, -0.2) is 4.57 Å². The second kappa shape index (κ2) is 32.7. The number of ether oxygens (including phenoxy) is 2. The monoisotopic (exact) mass is 660 g/mol. The van der Waals surface area contributed by atoms with E-state index in [-0.39, 0.29) is 19.4 Å². The molecule has 0 saturated heterocycles. The van der Waals surface area contributed by atoms with Gasteiger partial charge in [-0.1, -0.05) is 148 Å². The zero-order chi connectivity index (χ0) is 33.3. The van der Waals surface area contributed by atoms with Crippen molar-refractivity contribution in [3.63, 3.8) is 0 Å². The molecule has 0 saturated carbocycles. The Bertz CT molecular complexity index is 751. The topological polar surface area (TPSA) is 119 Å². The number of rotatable bonds is 34. The Morgan fingerprint density at radius 3 is 1.38 bits per heavy atom. The molecular weight excluding hydrogens is 591 g/mol. The number of unbranched alkanes of at least 4 members (excludes halogenated alkanes) is 22. The second-order valence-electron chi connectivity index (χ2n) is 12.6. The summed E-state index contributed by atoms with van der Waals surface area (Å²) in [6, 6.07) is 0. The molecule has 0 aliphatic heterocycles. The number of hydrogen-bond donors (Lipinski definition) is 2. The van der Waals surface area contributed by atoms with Crippen molar-refractivity contribution < 1.29 is 37.9 Å². The quantitative estimate of drug-likeness (QED) is 0.0303. The third-order valence-electron chi connectivity index (χ3n) is 8.03. The molecule has 0 amide bonds. The molecule has 0 radical (unpaired) electrons. The summed E-state index contributed by atoms with van der Waals surface area (Å²) in [5.41, 5.74) is 0. The van der Waals surface area contributed by atoms with Gasteiger partial charge in [-0.05, 0) is 38.5 Å². The average molecular weight is 661 g/mol. The molecule has 0 heterocycles. The van der Waals surface area contributed by atoms with Gasteiger partial charge in [0.05, 0.1) is 6.61 Å². The molecule has 1 unspecified atom stereocenters. The predicted octanol–water partition coefficient (Wildman–Crippen LogP) is 10.7. The lowest BCUT2D eigenvalue weighted by atomic mass is 10.0. The third-order valence-corrected chi connectivity index (χ3v) is 8.52. The molecule has 0 fully saturated rings. The van der Waals surface area contributed by atoms with Crippen molar-refractivity contribution in [3.05, 3.63) is 12.2 Å². The fourth-order valence-corrected chi connectivity index (χ4v) is 5.61. The highest BCUT2D eigenvalue weighted by molar-refractivity contribution is 7.46. The molecule has 266 valence electrons. The summed E-state index contributed by atoms with van der Waals surface area (Å²) in [5, 5.41) is 0. The van der Waals surface area contributed by atoms with Gasteiger partial charge in [-0.3, -0.25) is 14.1 Å². The molecule has 0 aromatic rings. The smallest absolute Gasteiger partial charge is 0.462 e. The molecule has 9 heteroatoms.